The van der Waals surface area contributed by atoms with Crippen LogP contribution in [0, 0.1) is 0 Å². The molecule has 15 heavy (non-hydrogen) atoms. The van der Waals surface area contributed by atoms with E-state index >= 15 is 0 Å². The van der Waals surface area contributed by atoms with E-state index in [0.29, 0.717) is 12.4 Å². The van der Waals surface area contributed by atoms with Gasteiger partial charge in [0.1, 0.15) is 0 Å². The number of halogens is 1. The van der Waals surface area contributed by atoms with Crippen molar-refractivity contribution in [1.29, 1.82) is 0 Å². The highest BCUT2D eigenvalue weighted by molar-refractivity contribution is 9.11. The minimum Gasteiger partial charge on any atom is -0.359 e. The number of aromatic amines is 1. The number of nitrogens with one attached hydrogen (secondary N) is 2. The van der Waals surface area contributed by atoms with Gasteiger partial charge >= 0.3 is 0 Å². The first-order chi connectivity index (χ1) is 7.25. The molecule has 0 aliphatic heterocycles. The minimum absolute atomic E-state index is 0.173. The van der Waals surface area contributed by atoms with Gasteiger partial charge in [-0.05, 0) is 15.9 Å². The number of rotatable bonds is 4. The second-order valence-electron chi connectivity index (χ2n) is 2.91. The largest absolute Gasteiger partial charge is 0.359 e. The molecule has 0 bridgehead atoms. The second-order valence-corrected chi connectivity index (χ2v) is 5.17. The molecule has 9 heteroatoms. The summed E-state index contributed by atoms with van der Waals surface area (Å²) in [6.45, 7) is 2.70. The van der Waals surface area contributed by atoms with Crippen molar-refractivity contribution in [2.45, 2.75) is 12.8 Å². The van der Waals surface area contributed by atoms with Gasteiger partial charge in [-0.3, -0.25) is 0 Å². The zero-order valence-corrected chi connectivity index (χ0v) is 10.2. The highest BCUT2D eigenvalue weighted by Crippen LogP contribution is 2.20. The lowest BCUT2D eigenvalue weighted by molar-refractivity contribution is 0.735. The van der Waals surface area contributed by atoms with Gasteiger partial charge in [0, 0.05) is 12.5 Å². The third kappa shape index (κ3) is 2.69. The van der Waals surface area contributed by atoms with E-state index in [1.54, 1.807) is 0 Å². The van der Waals surface area contributed by atoms with Gasteiger partial charge in [0.05, 0.1) is 0 Å². The van der Waals surface area contributed by atoms with Crippen molar-refractivity contribution >= 4 is 32.4 Å². The SMILES string of the molecule is CC(CNc1nnc(Br)s1)c1nn[nH]n1. The number of nitrogens with zero attached hydrogens (tertiary/aromatic N) is 5. The van der Waals surface area contributed by atoms with E-state index < -0.39 is 0 Å². The molecule has 0 aromatic carbocycles. The maximum absolute atomic E-state index is 3.92. The summed E-state index contributed by atoms with van der Waals surface area (Å²) in [6.07, 6.45) is 0. The molecule has 0 amide bonds. The Labute approximate surface area is 97.8 Å². The first-order valence-electron chi connectivity index (χ1n) is 4.22. The molecule has 2 aromatic rings. The van der Waals surface area contributed by atoms with Crippen LogP contribution in [0.4, 0.5) is 5.13 Å². The molecular weight excluding hydrogens is 282 g/mol. The van der Waals surface area contributed by atoms with Crippen molar-refractivity contribution in [3.8, 4) is 0 Å². The Balaban J connectivity index is 1.88. The molecule has 0 aliphatic carbocycles. The Morgan fingerprint density at radius 2 is 2.33 bits per heavy atom. The van der Waals surface area contributed by atoms with E-state index in [-0.39, 0.29) is 5.92 Å². The summed E-state index contributed by atoms with van der Waals surface area (Å²) >= 11 is 4.69. The van der Waals surface area contributed by atoms with E-state index in [2.05, 4.69) is 52.1 Å². The Morgan fingerprint density at radius 3 is 2.93 bits per heavy atom. The first kappa shape index (κ1) is 10.4. The average molecular weight is 290 g/mol. The molecule has 1 unspecified atom stereocenters. The van der Waals surface area contributed by atoms with Gasteiger partial charge in [0.2, 0.25) is 5.13 Å². The molecule has 0 aliphatic rings. The fourth-order valence-electron chi connectivity index (χ4n) is 0.987. The smallest absolute Gasteiger partial charge is 0.206 e. The summed E-state index contributed by atoms with van der Waals surface area (Å²) in [5, 5.41) is 25.4. The quantitative estimate of drug-likeness (QED) is 0.873. The monoisotopic (exact) mass is 289 g/mol. The highest BCUT2D eigenvalue weighted by atomic mass is 79.9. The zero-order chi connectivity index (χ0) is 10.7. The maximum atomic E-state index is 3.92. The van der Waals surface area contributed by atoms with Crippen LogP contribution in [0.2, 0.25) is 0 Å². The van der Waals surface area contributed by atoms with Crippen LogP contribution in [0.15, 0.2) is 3.92 Å². The number of anilines is 1. The Bertz CT molecular complexity index is 413. The lowest BCUT2D eigenvalue weighted by Crippen LogP contribution is -2.11. The average Bonchev–Trinajstić information content (AvgIpc) is 2.84. The molecule has 2 N–H and O–H groups in total. The van der Waals surface area contributed by atoms with Gasteiger partial charge in [0.15, 0.2) is 9.74 Å². The summed E-state index contributed by atoms with van der Waals surface area (Å²) in [4.78, 5) is 0. The van der Waals surface area contributed by atoms with Gasteiger partial charge in [-0.1, -0.05) is 23.5 Å². The van der Waals surface area contributed by atoms with Crippen molar-refractivity contribution in [3.63, 3.8) is 0 Å². The van der Waals surface area contributed by atoms with Gasteiger partial charge in [-0.25, -0.2) is 0 Å². The fraction of sp³-hybridized carbons (Fsp3) is 0.500. The molecule has 0 spiro atoms. The number of tetrazole rings is 1. The van der Waals surface area contributed by atoms with E-state index in [4.69, 9.17) is 0 Å². The number of hydrogen-bond donors (Lipinski definition) is 2. The van der Waals surface area contributed by atoms with Gasteiger partial charge in [-0.2, -0.15) is 5.21 Å². The number of hydrogen-bond acceptors (Lipinski definition) is 7. The summed E-state index contributed by atoms with van der Waals surface area (Å²) in [7, 11) is 0. The second kappa shape index (κ2) is 4.62. The van der Waals surface area contributed by atoms with Crippen LogP contribution in [-0.4, -0.2) is 37.4 Å². The summed E-state index contributed by atoms with van der Waals surface area (Å²) in [5.74, 6) is 0.859. The van der Waals surface area contributed by atoms with Crippen molar-refractivity contribution in [2.75, 3.05) is 11.9 Å². The van der Waals surface area contributed by atoms with E-state index in [1.807, 2.05) is 6.92 Å². The molecule has 7 nitrogen and oxygen atoms in total. The van der Waals surface area contributed by atoms with Crippen LogP contribution < -0.4 is 5.32 Å². The normalized spacial score (nSPS) is 12.7. The number of H-pyrrole nitrogens is 1. The van der Waals surface area contributed by atoms with E-state index in [0.717, 1.165) is 9.05 Å². The van der Waals surface area contributed by atoms with Crippen LogP contribution in [0.1, 0.15) is 18.7 Å². The topological polar surface area (TPSA) is 92.3 Å². The highest BCUT2D eigenvalue weighted by Gasteiger charge is 2.10. The van der Waals surface area contributed by atoms with Crippen molar-refractivity contribution in [3.05, 3.63) is 9.74 Å². The third-order valence-electron chi connectivity index (χ3n) is 1.76. The fourth-order valence-corrected chi connectivity index (χ4v) is 2.00. The van der Waals surface area contributed by atoms with Crippen LogP contribution in [-0.2, 0) is 0 Å². The molecule has 2 aromatic heterocycles. The molecule has 2 rings (SSSR count). The summed E-state index contributed by atoms with van der Waals surface area (Å²) < 4.78 is 0.761. The predicted octanol–water partition coefficient (Wildman–Crippen LogP) is 1.03. The standard InChI is InChI=1S/C6H8BrN7S/c1-3(4-9-13-14-10-4)2-8-6-12-11-5(7)15-6/h3H,2H2,1H3,(H,8,12)(H,9,10,13,14). The summed E-state index contributed by atoms with van der Waals surface area (Å²) in [6, 6.07) is 0. The molecule has 0 fully saturated rings. The molecule has 80 valence electrons. The van der Waals surface area contributed by atoms with Gasteiger partial charge in [0.25, 0.3) is 0 Å². The molecule has 1 atom stereocenters. The Hall–Kier alpha value is -1.09. The van der Waals surface area contributed by atoms with E-state index in [9.17, 15) is 0 Å². The van der Waals surface area contributed by atoms with Gasteiger partial charge < -0.3 is 5.32 Å². The summed E-state index contributed by atoms with van der Waals surface area (Å²) in [5.41, 5.74) is 0. The molecular formula is C6H8BrN7S. The Kier molecular flexibility index (Phi) is 3.21. The molecule has 2 heterocycles. The van der Waals surface area contributed by atoms with Crippen LogP contribution >= 0.6 is 27.3 Å². The molecule has 0 saturated carbocycles. The van der Waals surface area contributed by atoms with Crippen molar-refractivity contribution in [1.82, 2.24) is 30.8 Å². The maximum Gasteiger partial charge on any atom is 0.206 e. The first-order valence-corrected chi connectivity index (χ1v) is 5.83. The Morgan fingerprint density at radius 1 is 1.47 bits per heavy atom. The van der Waals surface area contributed by atoms with E-state index in [1.165, 1.54) is 11.3 Å². The van der Waals surface area contributed by atoms with Crippen molar-refractivity contribution < 1.29 is 0 Å². The third-order valence-corrected chi connectivity index (χ3v) is 3.08. The lowest BCUT2D eigenvalue weighted by Gasteiger charge is -2.06. The lowest BCUT2D eigenvalue weighted by atomic mass is 10.2. The molecule has 0 saturated heterocycles. The number of aromatic nitrogens is 6. The predicted molar refractivity (Wildman–Crippen MR) is 58.7 cm³/mol. The van der Waals surface area contributed by atoms with Crippen LogP contribution in [0.25, 0.3) is 0 Å². The van der Waals surface area contributed by atoms with Crippen LogP contribution in [0.3, 0.4) is 0 Å². The van der Waals surface area contributed by atoms with Gasteiger partial charge in [-0.15, -0.1) is 20.4 Å². The minimum atomic E-state index is 0.173. The molecule has 0 radical (unpaired) electrons. The zero-order valence-electron chi connectivity index (χ0n) is 7.81. The van der Waals surface area contributed by atoms with Crippen LogP contribution in [0.5, 0.6) is 0 Å². The van der Waals surface area contributed by atoms with Crippen molar-refractivity contribution in [2.24, 2.45) is 0 Å².